The van der Waals surface area contributed by atoms with Gasteiger partial charge < -0.3 is 9.47 Å². The minimum absolute atomic E-state index is 0.305. The lowest BCUT2D eigenvalue weighted by Gasteiger charge is -2.20. The van der Waals surface area contributed by atoms with Gasteiger partial charge in [0.2, 0.25) is 0 Å². The molecule has 0 unspecified atom stereocenters. The second-order valence-electron chi connectivity index (χ2n) is 4.31. The van der Waals surface area contributed by atoms with E-state index in [-0.39, 0.29) is 0 Å². The highest BCUT2D eigenvalue weighted by Crippen LogP contribution is 2.33. The zero-order valence-electron chi connectivity index (χ0n) is 10.4. The van der Waals surface area contributed by atoms with E-state index in [4.69, 9.17) is 9.47 Å². The Morgan fingerprint density at radius 1 is 1.24 bits per heavy atom. The highest BCUT2D eigenvalue weighted by atomic mass is 16.6. The van der Waals surface area contributed by atoms with Crippen molar-refractivity contribution in [3.05, 3.63) is 23.3 Å². The fourth-order valence-electron chi connectivity index (χ4n) is 1.95. The maximum atomic E-state index is 11.3. The van der Waals surface area contributed by atoms with Gasteiger partial charge in [0, 0.05) is 12.8 Å². The van der Waals surface area contributed by atoms with Gasteiger partial charge in [-0.05, 0) is 36.6 Å². The third-order valence-electron chi connectivity index (χ3n) is 3.07. The molecule has 0 aromatic heterocycles. The van der Waals surface area contributed by atoms with Crippen LogP contribution in [0.25, 0.3) is 0 Å². The monoisotopic (exact) mass is 234 g/mol. The van der Waals surface area contributed by atoms with Gasteiger partial charge in [0.15, 0.2) is 11.5 Å². The van der Waals surface area contributed by atoms with Gasteiger partial charge in [-0.2, -0.15) is 0 Å². The van der Waals surface area contributed by atoms with Gasteiger partial charge in [-0.1, -0.05) is 6.92 Å². The second-order valence-corrected chi connectivity index (χ2v) is 4.31. The van der Waals surface area contributed by atoms with Gasteiger partial charge in [0.25, 0.3) is 0 Å². The SMILES string of the molecule is CCC(=O)CCc1cc2c(cc1C)OCCO2. The molecule has 0 radical (unpaired) electrons. The summed E-state index contributed by atoms with van der Waals surface area (Å²) in [5.74, 6) is 1.93. The van der Waals surface area contributed by atoms with E-state index < -0.39 is 0 Å². The molecule has 0 atom stereocenters. The molecule has 0 saturated heterocycles. The average molecular weight is 234 g/mol. The van der Waals surface area contributed by atoms with E-state index in [1.165, 1.54) is 5.56 Å². The minimum Gasteiger partial charge on any atom is -0.486 e. The van der Waals surface area contributed by atoms with Gasteiger partial charge in [0.05, 0.1) is 0 Å². The summed E-state index contributed by atoms with van der Waals surface area (Å²) in [6.07, 6.45) is 2.01. The fourth-order valence-corrected chi connectivity index (χ4v) is 1.95. The minimum atomic E-state index is 0.305. The Labute approximate surface area is 102 Å². The molecule has 92 valence electrons. The molecule has 17 heavy (non-hydrogen) atoms. The second kappa shape index (κ2) is 5.21. The zero-order valence-corrected chi connectivity index (χ0v) is 10.4. The van der Waals surface area contributed by atoms with Crippen LogP contribution < -0.4 is 9.47 Å². The first-order valence-electron chi connectivity index (χ1n) is 6.11. The van der Waals surface area contributed by atoms with Crippen molar-refractivity contribution in [2.24, 2.45) is 0 Å². The average Bonchev–Trinajstić information content (AvgIpc) is 2.35. The fraction of sp³-hybridized carbons (Fsp3) is 0.500. The summed E-state index contributed by atoms with van der Waals surface area (Å²) in [7, 11) is 0. The number of ether oxygens (including phenoxy) is 2. The molecule has 0 aliphatic carbocycles. The highest BCUT2D eigenvalue weighted by molar-refractivity contribution is 5.78. The number of ketones is 1. The lowest BCUT2D eigenvalue weighted by atomic mass is 10.0. The third kappa shape index (κ3) is 2.78. The van der Waals surface area contributed by atoms with Crippen LogP contribution in [0, 0.1) is 6.92 Å². The number of aryl methyl sites for hydroxylation is 2. The number of hydrogen-bond donors (Lipinski definition) is 0. The molecule has 3 heteroatoms. The number of rotatable bonds is 4. The molecule has 1 aliphatic rings. The van der Waals surface area contributed by atoms with Crippen LogP contribution in [-0.4, -0.2) is 19.0 Å². The molecular formula is C14H18O3. The molecule has 0 saturated carbocycles. The quantitative estimate of drug-likeness (QED) is 0.803. The van der Waals surface area contributed by atoms with Gasteiger partial charge in [0.1, 0.15) is 19.0 Å². The maximum Gasteiger partial charge on any atom is 0.161 e. The van der Waals surface area contributed by atoms with Crippen LogP contribution in [0.2, 0.25) is 0 Å². The summed E-state index contributed by atoms with van der Waals surface area (Å²) < 4.78 is 11.1. The summed E-state index contributed by atoms with van der Waals surface area (Å²) in [5, 5.41) is 0. The summed E-state index contributed by atoms with van der Waals surface area (Å²) in [5.41, 5.74) is 2.34. The number of carbonyl (C=O) groups is 1. The van der Waals surface area contributed by atoms with Crippen LogP contribution in [0.1, 0.15) is 30.9 Å². The van der Waals surface area contributed by atoms with E-state index in [0.717, 1.165) is 23.5 Å². The molecule has 2 rings (SSSR count). The van der Waals surface area contributed by atoms with Crippen molar-refractivity contribution in [2.45, 2.75) is 33.1 Å². The van der Waals surface area contributed by atoms with Crippen molar-refractivity contribution in [3.63, 3.8) is 0 Å². The molecule has 0 bridgehead atoms. The van der Waals surface area contributed by atoms with Gasteiger partial charge >= 0.3 is 0 Å². The van der Waals surface area contributed by atoms with Crippen LogP contribution in [0.3, 0.4) is 0 Å². The molecule has 0 N–H and O–H groups in total. The number of benzene rings is 1. The van der Waals surface area contributed by atoms with Crippen LogP contribution in [0.15, 0.2) is 12.1 Å². The first-order chi connectivity index (χ1) is 8.20. The smallest absolute Gasteiger partial charge is 0.161 e. The van der Waals surface area contributed by atoms with E-state index in [1.807, 2.05) is 26.0 Å². The molecule has 0 spiro atoms. The normalized spacial score (nSPS) is 13.5. The molecular weight excluding hydrogens is 216 g/mol. The Balaban J connectivity index is 2.14. The number of carbonyl (C=O) groups excluding carboxylic acids is 1. The van der Waals surface area contributed by atoms with Crippen molar-refractivity contribution in [1.82, 2.24) is 0 Å². The topological polar surface area (TPSA) is 35.5 Å². The number of fused-ring (bicyclic) bond motifs is 1. The van der Waals surface area contributed by atoms with Crippen LogP contribution in [0.4, 0.5) is 0 Å². The van der Waals surface area contributed by atoms with E-state index >= 15 is 0 Å². The third-order valence-corrected chi connectivity index (χ3v) is 3.07. The Morgan fingerprint density at radius 3 is 2.53 bits per heavy atom. The highest BCUT2D eigenvalue weighted by Gasteiger charge is 2.14. The maximum absolute atomic E-state index is 11.3. The summed E-state index contributed by atoms with van der Waals surface area (Å²) in [6.45, 7) is 5.16. The van der Waals surface area contributed by atoms with Crippen molar-refractivity contribution in [2.75, 3.05) is 13.2 Å². The molecule has 0 fully saturated rings. The lowest BCUT2D eigenvalue weighted by Crippen LogP contribution is -2.16. The number of Topliss-reactive ketones (excluding diaryl/α,β-unsaturated/α-hetero) is 1. The molecule has 1 heterocycles. The molecule has 3 nitrogen and oxygen atoms in total. The Morgan fingerprint density at radius 2 is 1.88 bits per heavy atom. The van der Waals surface area contributed by atoms with E-state index in [9.17, 15) is 4.79 Å². The van der Waals surface area contributed by atoms with Crippen LogP contribution in [0.5, 0.6) is 11.5 Å². The molecule has 1 aromatic rings. The molecule has 1 aromatic carbocycles. The molecule has 1 aliphatic heterocycles. The standard InChI is InChI=1S/C14H18O3/c1-3-12(15)5-4-11-9-14-13(8-10(11)2)16-6-7-17-14/h8-9H,3-7H2,1-2H3. The zero-order chi connectivity index (χ0) is 12.3. The van der Waals surface area contributed by atoms with Gasteiger partial charge in [-0.25, -0.2) is 0 Å². The van der Waals surface area contributed by atoms with E-state index in [2.05, 4.69) is 0 Å². The Bertz CT molecular complexity index is 424. The van der Waals surface area contributed by atoms with Crippen molar-refractivity contribution < 1.29 is 14.3 Å². The molecule has 0 amide bonds. The van der Waals surface area contributed by atoms with Crippen molar-refractivity contribution in [3.8, 4) is 11.5 Å². The van der Waals surface area contributed by atoms with Crippen molar-refractivity contribution >= 4 is 5.78 Å². The summed E-state index contributed by atoms with van der Waals surface area (Å²) in [4.78, 5) is 11.3. The largest absolute Gasteiger partial charge is 0.486 e. The van der Waals surface area contributed by atoms with Crippen LogP contribution in [-0.2, 0) is 11.2 Å². The summed E-state index contributed by atoms with van der Waals surface area (Å²) >= 11 is 0. The van der Waals surface area contributed by atoms with E-state index in [1.54, 1.807) is 0 Å². The lowest BCUT2D eigenvalue weighted by molar-refractivity contribution is -0.118. The number of hydrogen-bond acceptors (Lipinski definition) is 3. The summed E-state index contributed by atoms with van der Waals surface area (Å²) in [6, 6.07) is 4.01. The van der Waals surface area contributed by atoms with Gasteiger partial charge in [-0.15, -0.1) is 0 Å². The van der Waals surface area contributed by atoms with Gasteiger partial charge in [-0.3, -0.25) is 4.79 Å². The Hall–Kier alpha value is -1.51. The van der Waals surface area contributed by atoms with E-state index in [0.29, 0.717) is 31.8 Å². The first kappa shape index (κ1) is 12.0. The first-order valence-corrected chi connectivity index (χ1v) is 6.11. The van der Waals surface area contributed by atoms with Crippen molar-refractivity contribution in [1.29, 1.82) is 0 Å². The predicted molar refractivity (Wildman–Crippen MR) is 65.8 cm³/mol. The predicted octanol–water partition coefficient (Wildman–Crippen LogP) is 2.68. The van der Waals surface area contributed by atoms with Crippen LogP contribution >= 0.6 is 0 Å². The Kier molecular flexibility index (Phi) is 3.67.